The van der Waals surface area contributed by atoms with Gasteiger partial charge in [0.2, 0.25) is 0 Å². The summed E-state index contributed by atoms with van der Waals surface area (Å²) in [5.74, 6) is 0. The third-order valence-electron chi connectivity index (χ3n) is 12.4. The van der Waals surface area contributed by atoms with E-state index in [1.165, 1.54) is 96.4 Å². The third kappa shape index (κ3) is 6.68. The van der Waals surface area contributed by atoms with Crippen molar-refractivity contribution in [3.05, 3.63) is 266 Å². The first-order valence-corrected chi connectivity index (χ1v) is 23.1. The van der Waals surface area contributed by atoms with Crippen LogP contribution in [-0.2, 0) is 6.42 Å². The van der Waals surface area contributed by atoms with Crippen LogP contribution in [0.15, 0.2) is 274 Å². The zero-order valence-electron chi connectivity index (χ0n) is 34.4. The minimum absolute atomic E-state index is 0.864. The summed E-state index contributed by atoms with van der Waals surface area (Å²) in [6.45, 7) is 0. The van der Waals surface area contributed by atoms with Gasteiger partial charge in [-0.3, -0.25) is 0 Å². The van der Waals surface area contributed by atoms with E-state index in [1.807, 2.05) is 0 Å². The average molecular weight is 809 g/mol. The molecule has 11 rings (SSSR count). The predicted octanol–water partition coefficient (Wildman–Crippen LogP) is 17.1. The highest BCUT2D eigenvalue weighted by Gasteiger charge is 2.34. The maximum Gasteiger partial charge on any atom is 0.00295 e. The van der Waals surface area contributed by atoms with Gasteiger partial charge in [0, 0.05) is 19.6 Å². The van der Waals surface area contributed by atoms with Crippen LogP contribution in [0.3, 0.4) is 0 Å². The molecule has 0 nitrogen and oxygen atoms in total. The van der Waals surface area contributed by atoms with Crippen LogP contribution in [0.5, 0.6) is 0 Å². The molecule has 0 fully saturated rings. The van der Waals surface area contributed by atoms with Crippen molar-refractivity contribution in [3.63, 3.8) is 0 Å². The van der Waals surface area contributed by atoms with E-state index < -0.39 is 10.0 Å². The Morgan fingerprint density at radius 3 is 1.31 bits per heavy atom. The van der Waals surface area contributed by atoms with Gasteiger partial charge in [-0.15, -0.1) is 10.0 Å². The lowest BCUT2D eigenvalue weighted by molar-refractivity contribution is 1.20. The van der Waals surface area contributed by atoms with E-state index in [2.05, 4.69) is 255 Å². The van der Waals surface area contributed by atoms with Crippen LogP contribution in [0.1, 0.15) is 11.1 Å². The molecular formula is C61H44S. The maximum atomic E-state index is 2.56. The Morgan fingerprint density at radius 2 is 0.694 bits per heavy atom. The highest BCUT2D eigenvalue weighted by molar-refractivity contribution is 8.34. The molecule has 0 heterocycles. The molecule has 11 aromatic carbocycles. The molecule has 0 bridgehead atoms. The lowest BCUT2D eigenvalue weighted by Gasteiger charge is -2.42. The van der Waals surface area contributed by atoms with Gasteiger partial charge in [0.1, 0.15) is 0 Å². The molecule has 62 heavy (non-hydrogen) atoms. The topological polar surface area (TPSA) is 0 Å². The molecule has 0 spiro atoms. The molecule has 1 heteroatoms. The highest BCUT2D eigenvalue weighted by atomic mass is 32.3. The van der Waals surface area contributed by atoms with Crippen LogP contribution < -0.4 is 0 Å². The summed E-state index contributed by atoms with van der Waals surface area (Å²) in [5.41, 5.74) is 9.99. The summed E-state index contributed by atoms with van der Waals surface area (Å²) in [7, 11) is -1.95. The van der Waals surface area contributed by atoms with Gasteiger partial charge in [-0.2, -0.15) is 0 Å². The van der Waals surface area contributed by atoms with Gasteiger partial charge in [-0.25, -0.2) is 0 Å². The van der Waals surface area contributed by atoms with Crippen molar-refractivity contribution in [1.82, 2.24) is 0 Å². The molecule has 0 saturated heterocycles. The van der Waals surface area contributed by atoms with Crippen molar-refractivity contribution < 1.29 is 0 Å². The van der Waals surface area contributed by atoms with Crippen molar-refractivity contribution in [2.45, 2.75) is 26.0 Å². The summed E-state index contributed by atoms with van der Waals surface area (Å²) < 4.78 is 0. The summed E-state index contributed by atoms with van der Waals surface area (Å²) in [6.07, 6.45) is 0.864. The van der Waals surface area contributed by atoms with Crippen LogP contribution in [0.2, 0.25) is 0 Å². The molecule has 0 saturated carbocycles. The summed E-state index contributed by atoms with van der Waals surface area (Å²) >= 11 is 0. The third-order valence-corrected chi connectivity index (χ3v) is 16.3. The second-order valence-corrected chi connectivity index (χ2v) is 19.2. The Morgan fingerprint density at radius 1 is 0.242 bits per heavy atom. The highest BCUT2D eigenvalue weighted by Crippen LogP contribution is 2.73. The predicted molar refractivity (Wildman–Crippen MR) is 264 cm³/mol. The van der Waals surface area contributed by atoms with Crippen molar-refractivity contribution >= 4 is 42.3 Å². The van der Waals surface area contributed by atoms with Crippen LogP contribution in [0, 0.1) is 0 Å². The first-order valence-electron chi connectivity index (χ1n) is 21.4. The average Bonchev–Trinajstić information content (AvgIpc) is 3.35. The lowest BCUT2D eigenvalue weighted by Crippen LogP contribution is -2.05. The van der Waals surface area contributed by atoms with Crippen LogP contribution >= 0.6 is 10.0 Å². The van der Waals surface area contributed by atoms with E-state index in [0.29, 0.717) is 0 Å². The molecule has 0 atom stereocenters. The van der Waals surface area contributed by atoms with Gasteiger partial charge < -0.3 is 0 Å². The van der Waals surface area contributed by atoms with Gasteiger partial charge in [-0.05, 0) is 138 Å². The quantitative estimate of drug-likeness (QED) is 0.127. The molecular weight excluding hydrogens is 765 g/mol. The number of benzene rings is 11. The van der Waals surface area contributed by atoms with Crippen molar-refractivity contribution in [3.8, 4) is 33.4 Å². The Hall–Kier alpha value is -7.45. The summed E-state index contributed by atoms with van der Waals surface area (Å²) in [4.78, 5) is 5.24. The zero-order chi connectivity index (χ0) is 41.3. The van der Waals surface area contributed by atoms with Crippen molar-refractivity contribution in [2.75, 3.05) is 0 Å². The molecule has 0 aliphatic rings. The van der Waals surface area contributed by atoms with Gasteiger partial charge in [0.05, 0.1) is 0 Å². The zero-order valence-corrected chi connectivity index (χ0v) is 35.2. The normalized spacial score (nSPS) is 11.9. The van der Waals surface area contributed by atoms with Crippen molar-refractivity contribution in [1.29, 1.82) is 0 Å². The maximum absolute atomic E-state index is 2.56. The van der Waals surface area contributed by atoms with Gasteiger partial charge in [0.15, 0.2) is 0 Å². The molecule has 294 valence electrons. The van der Waals surface area contributed by atoms with E-state index in [9.17, 15) is 0 Å². The lowest BCUT2D eigenvalue weighted by atomic mass is 9.84. The van der Waals surface area contributed by atoms with Crippen molar-refractivity contribution in [2.24, 2.45) is 0 Å². The monoisotopic (exact) mass is 808 g/mol. The summed E-state index contributed by atoms with van der Waals surface area (Å²) in [5, 5.41) is 7.50. The Kier molecular flexibility index (Phi) is 9.81. The van der Waals surface area contributed by atoms with Crippen LogP contribution in [-0.4, -0.2) is 0 Å². The molecule has 0 amide bonds. The fraction of sp³-hybridized carbons (Fsp3) is 0.0164. The molecule has 0 N–H and O–H groups in total. The number of fused-ring (bicyclic) bond motifs is 3. The smallest absolute Gasteiger partial charge is 0.00295 e. The fourth-order valence-corrected chi connectivity index (χ4v) is 13.4. The molecule has 0 aliphatic heterocycles. The van der Waals surface area contributed by atoms with Crippen LogP contribution in [0.25, 0.3) is 65.7 Å². The van der Waals surface area contributed by atoms with Crippen LogP contribution in [0.4, 0.5) is 0 Å². The number of hydrogen-bond acceptors (Lipinski definition) is 0. The Balaban J connectivity index is 1.26. The molecule has 0 aromatic heterocycles. The SMILES string of the molecule is c1ccc(Cc2ccc3c(-c4ccc(-c5ccccc5)cc4)c4cc(S(c5ccccc5)(c5ccccc5)c5ccccc5)ccc4c(-c4ccc5ccccc5c4)c3c2)cc1. The molecule has 0 unspecified atom stereocenters. The second-order valence-electron chi connectivity index (χ2n) is 16.1. The van der Waals surface area contributed by atoms with E-state index >= 15 is 0 Å². The van der Waals surface area contributed by atoms with Gasteiger partial charge in [-0.1, -0.05) is 200 Å². The Bertz CT molecular complexity index is 3230. The minimum atomic E-state index is -1.95. The second kappa shape index (κ2) is 16.2. The number of rotatable bonds is 9. The first kappa shape index (κ1) is 37.5. The Labute approximate surface area is 365 Å². The van der Waals surface area contributed by atoms with Gasteiger partial charge >= 0.3 is 0 Å². The van der Waals surface area contributed by atoms with E-state index in [1.54, 1.807) is 0 Å². The first-order chi connectivity index (χ1) is 30.7. The summed E-state index contributed by atoms with van der Waals surface area (Å²) in [6, 6.07) is 94.8. The molecule has 11 aromatic rings. The minimum Gasteiger partial charge on any atom is -0.133 e. The fourth-order valence-electron chi connectivity index (χ4n) is 9.50. The standard InChI is InChI=1S/C61H44S/c1-6-18-44(19-7-1)40-45-30-38-56-58(41-45)61(51-36-33-47-22-16-17-23-50(47)42-51)57-39-37-55(43-59(57)60(56)49-34-31-48(32-35-49)46-20-8-2-9-21-46)62(52-24-10-3-11-25-52,53-26-12-4-13-27-53)54-28-14-5-15-29-54/h1-39,41-43H,40H2. The van der Waals surface area contributed by atoms with Gasteiger partial charge in [0.25, 0.3) is 0 Å². The molecule has 0 radical (unpaired) electrons. The van der Waals surface area contributed by atoms with E-state index in [4.69, 9.17) is 0 Å². The van der Waals surface area contributed by atoms with E-state index in [-0.39, 0.29) is 0 Å². The largest absolute Gasteiger partial charge is 0.133 e. The van der Waals surface area contributed by atoms with E-state index in [0.717, 1.165) is 6.42 Å². The molecule has 0 aliphatic carbocycles. The number of hydrogen-bond donors (Lipinski definition) is 0.